The molecule has 0 saturated heterocycles. The number of anilines is 3. The van der Waals surface area contributed by atoms with Crippen LogP contribution in [0.1, 0.15) is 32.8 Å². The Hall–Kier alpha value is -3.10. The summed E-state index contributed by atoms with van der Waals surface area (Å²) in [5.41, 5.74) is 6.73. The first-order valence-corrected chi connectivity index (χ1v) is 12.9. The monoisotopic (exact) mass is 509 g/mol. The van der Waals surface area contributed by atoms with Crippen molar-refractivity contribution in [1.29, 1.82) is 0 Å². The molecule has 1 atom stereocenters. The summed E-state index contributed by atoms with van der Waals surface area (Å²) in [4.78, 5) is 24.0. The minimum Gasteiger partial charge on any atom is -0.444 e. The van der Waals surface area contributed by atoms with Crippen LogP contribution in [0.25, 0.3) is 10.4 Å². The number of rotatable bonds is 4. The molecule has 35 heavy (non-hydrogen) atoms. The average Bonchev–Trinajstić information content (AvgIpc) is 3.49. The molecule has 2 N–H and O–H groups in total. The van der Waals surface area contributed by atoms with Crippen molar-refractivity contribution in [3.8, 4) is 10.4 Å². The number of amides is 1. The average molecular weight is 510 g/mol. The van der Waals surface area contributed by atoms with E-state index in [1.165, 1.54) is 5.57 Å². The summed E-state index contributed by atoms with van der Waals surface area (Å²) in [6, 6.07) is 8.11. The number of ether oxygens (including phenoxy) is 1. The number of nitrogens with zero attached hydrogens (tertiary/aromatic N) is 3. The number of halogens is 1. The number of pyridine rings is 1. The number of hydrogen-bond acceptors (Lipinski definition) is 7. The standard InChI is InChI=1S/C26H28ClN5O2S/c1-26(2,3)34-25(33)32-8-5-16(6-9-32)22-13-20-21(4-7-29-24(20)31-22)30-19-11-17(10-18(27)12-19)23-14-28-15-35-23/h4-5,7,10-12,14-15,22H,6,8-9,13H2,1-3H3,(H2,29,30,31). The van der Waals surface area contributed by atoms with Crippen LogP contribution < -0.4 is 10.6 Å². The highest BCUT2D eigenvalue weighted by molar-refractivity contribution is 7.13. The maximum absolute atomic E-state index is 12.4. The van der Waals surface area contributed by atoms with E-state index in [9.17, 15) is 4.79 Å². The molecule has 1 unspecified atom stereocenters. The van der Waals surface area contributed by atoms with Gasteiger partial charge in [0.05, 0.1) is 16.4 Å². The fraction of sp³-hybridized carbons (Fsp3) is 0.346. The topological polar surface area (TPSA) is 79.4 Å². The Labute approximate surface area is 214 Å². The van der Waals surface area contributed by atoms with Gasteiger partial charge in [-0.05, 0) is 62.6 Å². The Morgan fingerprint density at radius 2 is 2.17 bits per heavy atom. The zero-order valence-corrected chi connectivity index (χ0v) is 21.5. The van der Waals surface area contributed by atoms with Crippen LogP contribution in [0.4, 0.5) is 22.0 Å². The Balaban J connectivity index is 1.29. The van der Waals surface area contributed by atoms with E-state index in [1.54, 1.807) is 16.2 Å². The third-order valence-electron chi connectivity index (χ3n) is 6.01. The lowest BCUT2D eigenvalue weighted by molar-refractivity contribution is 0.0265. The van der Waals surface area contributed by atoms with Gasteiger partial charge in [-0.25, -0.2) is 9.78 Å². The molecule has 2 aliphatic rings. The minimum atomic E-state index is -0.491. The van der Waals surface area contributed by atoms with Crippen LogP contribution in [0.2, 0.25) is 5.02 Å². The summed E-state index contributed by atoms with van der Waals surface area (Å²) < 4.78 is 5.51. The molecule has 4 heterocycles. The molecule has 9 heteroatoms. The SMILES string of the molecule is CC(C)(C)OC(=O)N1CC=C(C2Cc3c(Nc4cc(Cl)cc(-c5cncs5)c4)ccnc3N2)CC1. The van der Waals surface area contributed by atoms with Crippen molar-refractivity contribution in [2.45, 2.75) is 45.3 Å². The predicted octanol–water partition coefficient (Wildman–Crippen LogP) is 6.51. The highest BCUT2D eigenvalue weighted by Gasteiger charge is 2.30. The molecule has 2 aromatic heterocycles. The van der Waals surface area contributed by atoms with E-state index in [1.807, 2.05) is 56.9 Å². The molecule has 0 radical (unpaired) electrons. The summed E-state index contributed by atoms with van der Waals surface area (Å²) in [5, 5.41) is 7.79. The van der Waals surface area contributed by atoms with Crippen LogP contribution in [0.5, 0.6) is 0 Å². The summed E-state index contributed by atoms with van der Waals surface area (Å²) in [6.45, 7) is 6.87. The highest BCUT2D eigenvalue weighted by atomic mass is 35.5. The van der Waals surface area contributed by atoms with Crippen LogP contribution in [0.3, 0.4) is 0 Å². The van der Waals surface area contributed by atoms with Crippen LogP contribution >= 0.6 is 22.9 Å². The lowest BCUT2D eigenvalue weighted by Gasteiger charge is -2.31. The Kier molecular flexibility index (Phi) is 6.42. The van der Waals surface area contributed by atoms with Crippen LogP contribution in [-0.4, -0.2) is 45.7 Å². The van der Waals surface area contributed by atoms with E-state index in [0.29, 0.717) is 18.1 Å². The summed E-state index contributed by atoms with van der Waals surface area (Å²) in [6.07, 6.45) is 7.17. The molecule has 1 aromatic carbocycles. The molecule has 0 aliphatic carbocycles. The first-order valence-electron chi connectivity index (χ1n) is 11.6. The summed E-state index contributed by atoms with van der Waals surface area (Å²) in [7, 11) is 0. The van der Waals surface area contributed by atoms with Gasteiger partial charge in [0.2, 0.25) is 0 Å². The molecular formula is C26H28ClN5O2S. The molecular weight excluding hydrogens is 482 g/mol. The van der Waals surface area contributed by atoms with E-state index in [4.69, 9.17) is 16.3 Å². The van der Waals surface area contributed by atoms with Gasteiger partial charge in [-0.2, -0.15) is 0 Å². The van der Waals surface area contributed by atoms with E-state index in [2.05, 4.69) is 32.7 Å². The van der Waals surface area contributed by atoms with Crippen LogP contribution in [-0.2, 0) is 11.2 Å². The first kappa shape index (κ1) is 23.6. The van der Waals surface area contributed by atoms with Gasteiger partial charge in [-0.3, -0.25) is 4.98 Å². The van der Waals surface area contributed by atoms with E-state index >= 15 is 0 Å². The number of thiazole rings is 1. The molecule has 0 saturated carbocycles. The van der Waals surface area contributed by atoms with Gasteiger partial charge >= 0.3 is 6.09 Å². The van der Waals surface area contributed by atoms with Crippen LogP contribution in [0.15, 0.2) is 53.8 Å². The highest BCUT2D eigenvalue weighted by Crippen LogP contribution is 2.37. The fourth-order valence-corrected chi connectivity index (χ4v) is 5.24. The van der Waals surface area contributed by atoms with E-state index in [-0.39, 0.29) is 12.1 Å². The maximum Gasteiger partial charge on any atom is 0.410 e. The zero-order valence-electron chi connectivity index (χ0n) is 20.0. The maximum atomic E-state index is 12.4. The van der Waals surface area contributed by atoms with Crippen molar-refractivity contribution in [2.75, 3.05) is 23.7 Å². The lowest BCUT2D eigenvalue weighted by Crippen LogP contribution is -2.40. The van der Waals surface area contributed by atoms with Crippen molar-refractivity contribution in [2.24, 2.45) is 0 Å². The molecule has 5 rings (SSSR count). The molecule has 0 bridgehead atoms. The van der Waals surface area contributed by atoms with Crippen molar-refractivity contribution >= 4 is 46.2 Å². The van der Waals surface area contributed by atoms with Crippen molar-refractivity contribution in [3.05, 3.63) is 64.4 Å². The van der Waals surface area contributed by atoms with Crippen LogP contribution in [0, 0.1) is 0 Å². The third-order valence-corrected chi connectivity index (χ3v) is 7.05. The van der Waals surface area contributed by atoms with Gasteiger partial charge in [-0.15, -0.1) is 11.3 Å². The lowest BCUT2D eigenvalue weighted by atomic mass is 9.97. The number of fused-ring (bicyclic) bond motifs is 1. The summed E-state index contributed by atoms with van der Waals surface area (Å²) >= 11 is 8.00. The van der Waals surface area contributed by atoms with Crippen molar-refractivity contribution < 1.29 is 9.53 Å². The minimum absolute atomic E-state index is 0.161. The quantitative estimate of drug-likeness (QED) is 0.390. The smallest absolute Gasteiger partial charge is 0.410 e. The van der Waals surface area contributed by atoms with Gasteiger partial charge in [0.1, 0.15) is 11.4 Å². The number of aromatic nitrogens is 2. The van der Waals surface area contributed by atoms with Gasteiger partial charge in [0, 0.05) is 53.9 Å². The fourth-order valence-electron chi connectivity index (χ4n) is 4.40. The largest absolute Gasteiger partial charge is 0.444 e. The number of nitrogens with one attached hydrogen (secondary N) is 2. The van der Waals surface area contributed by atoms with E-state index in [0.717, 1.165) is 46.0 Å². The first-order chi connectivity index (χ1) is 16.7. The number of hydrogen-bond donors (Lipinski definition) is 2. The molecule has 7 nitrogen and oxygen atoms in total. The van der Waals surface area contributed by atoms with Gasteiger partial charge in [0.15, 0.2) is 0 Å². The Morgan fingerprint density at radius 1 is 1.31 bits per heavy atom. The van der Waals surface area contributed by atoms with Gasteiger partial charge in [0.25, 0.3) is 0 Å². The molecule has 182 valence electrons. The van der Waals surface area contributed by atoms with Crippen molar-refractivity contribution in [1.82, 2.24) is 14.9 Å². The number of carbonyl (C=O) groups is 1. The molecule has 1 amide bonds. The van der Waals surface area contributed by atoms with Gasteiger partial charge < -0.3 is 20.3 Å². The zero-order chi connectivity index (χ0) is 24.6. The third kappa shape index (κ3) is 5.44. The Morgan fingerprint density at radius 3 is 2.89 bits per heavy atom. The normalized spacial score (nSPS) is 17.4. The van der Waals surface area contributed by atoms with Gasteiger partial charge in [-0.1, -0.05) is 17.7 Å². The molecule has 0 spiro atoms. The second-order valence-electron chi connectivity index (χ2n) is 9.76. The predicted molar refractivity (Wildman–Crippen MR) is 142 cm³/mol. The second kappa shape index (κ2) is 9.51. The second-order valence-corrected chi connectivity index (χ2v) is 11.1. The molecule has 3 aromatic rings. The summed E-state index contributed by atoms with van der Waals surface area (Å²) in [5.74, 6) is 0.889. The number of carbonyl (C=O) groups excluding carboxylic acids is 1. The molecule has 0 fully saturated rings. The molecule has 2 aliphatic heterocycles. The number of benzene rings is 1. The van der Waals surface area contributed by atoms with Crippen molar-refractivity contribution in [3.63, 3.8) is 0 Å². The van der Waals surface area contributed by atoms with E-state index < -0.39 is 5.60 Å². The Bertz CT molecular complexity index is 1270.